The molecule has 0 bridgehead atoms. The van der Waals surface area contributed by atoms with Gasteiger partial charge in [0, 0.05) is 16.8 Å². The van der Waals surface area contributed by atoms with Crippen molar-refractivity contribution in [2.24, 2.45) is 0 Å². The van der Waals surface area contributed by atoms with Crippen LogP contribution >= 0.6 is 11.8 Å². The Morgan fingerprint density at radius 3 is 2.67 bits per heavy atom. The molecule has 2 N–H and O–H groups in total. The Balaban J connectivity index is 1.50. The average Bonchev–Trinajstić information content (AvgIpc) is 3.12. The Morgan fingerprint density at radius 2 is 1.87 bits per heavy atom. The minimum Gasteiger partial charge on any atom is -0.353 e. The standard InChI is InChI=1S/C20H13F5N4S/c21-13-2-1-3-15(19(13)22)27-11-4-5-14-16(8-11)29-18(28-14)10-30-12-6-7-26-17(9-12)20(23,24)25/h1-9,27H,10H2,(H,28,29). The summed E-state index contributed by atoms with van der Waals surface area (Å²) in [6, 6.07) is 11.4. The fraction of sp³-hybridized carbons (Fsp3) is 0.100. The van der Waals surface area contributed by atoms with E-state index in [1.165, 1.54) is 30.0 Å². The summed E-state index contributed by atoms with van der Waals surface area (Å²) in [4.78, 5) is 11.3. The molecule has 0 radical (unpaired) electrons. The molecule has 0 aliphatic heterocycles. The molecular formula is C20H13F5N4S. The van der Waals surface area contributed by atoms with Crippen molar-refractivity contribution in [2.45, 2.75) is 16.8 Å². The lowest BCUT2D eigenvalue weighted by Crippen LogP contribution is -2.07. The second kappa shape index (κ2) is 7.94. The van der Waals surface area contributed by atoms with Crippen molar-refractivity contribution in [1.29, 1.82) is 0 Å². The van der Waals surface area contributed by atoms with Crippen LogP contribution in [0.2, 0.25) is 0 Å². The quantitative estimate of drug-likeness (QED) is 0.285. The van der Waals surface area contributed by atoms with Crippen LogP contribution in [0, 0.1) is 11.6 Å². The van der Waals surface area contributed by atoms with Crippen LogP contribution in [0.4, 0.5) is 33.3 Å². The summed E-state index contributed by atoms with van der Waals surface area (Å²) >= 11 is 1.19. The molecule has 10 heteroatoms. The molecule has 30 heavy (non-hydrogen) atoms. The largest absolute Gasteiger partial charge is 0.433 e. The number of H-pyrrole nitrogens is 1. The number of fused-ring (bicyclic) bond motifs is 1. The number of halogens is 5. The van der Waals surface area contributed by atoms with Crippen LogP contribution in [0.5, 0.6) is 0 Å². The fourth-order valence-electron chi connectivity index (χ4n) is 2.77. The number of benzene rings is 2. The highest BCUT2D eigenvalue weighted by molar-refractivity contribution is 7.98. The maximum absolute atomic E-state index is 13.8. The molecule has 0 amide bonds. The van der Waals surface area contributed by atoms with Crippen molar-refractivity contribution in [1.82, 2.24) is 15.0 Å². The van der Waals surface area contributed by atoms with Gasteiger partial charge < -0.3 is 10.3 Å². The topological polar surface area (TPSA) is 53.6 Å². The minimum absolute atomic E-state index is 0.00109. The van der Waals surface area contributed by atoms with Gasteiger partial charge in [-0.3, -0.25) is 4.98 Å². The smallest absolute Gasteiger partial charge is 0.353 e. The molecule has 4 nitrogen and oxygen atoms in total. The highest BCUT2D eigenvalue weighted by Gasteiger charge is 2.32. The Morgan fingerprint density at radius 1 is 1.03 bits per heavy atom. The van der Waals surface area contributed by atoms with Gasteiger partial charge in [-0.25, -0.2) is 13.8 Å². The lowest BCUT2D eigenvalue weighted by Gasteiger charge is -2.07. The summed E-state index contributed by atoms with van der Waals surface area (Å²) in [6.07, 6.45) is -3.38. The van der Waals surface area contributed by atoms with Crippen molar-refractivity contribution < 1.29 is 22.0 Å². The Hall–Kier alpha value is -3.14. The van der Waals surface area contributed by atoms with Gasteiger partial charge in [-0.2, -0.15) is 13.2 Å². The van der Waals surface area contributed by atoms with E-state index in [4.69, 9.17) is 0 Å². The van der Waals surface area contributed by atoms with Crippen molar-refractivity contribution in [3.63, 3.8) is 0 Å². The molecule has 154 valence electrons. The van der Waals surface area contributed by atoms with E-state index in [0.29, 0.717) is 33.2 Å². The van der Waals surface area contributed by atoms with Crippen LogP contribution < -0.4 is 5.32 Å². The Kier molecular flexibility index (Phi) is 5.33. The van der Waals surface area contributed by atoms with Crippen LogP contribution in [0.15, 0.2) is 59.6 Å². The summed E-state index contributed by atoms with van der Waals surface area (Å²) in [5.74, 6) is -1.05. The first-order valence-corrected chi connectivity index (χ1v) is 9.64. The van der Waals surface area contributed by atoms with Crippen LogP contribution in [-0.4, -0.2) is 15.0 Å². The molecule has 4 rings (SSSR count). The summed E-state index contributed by atoms with van der Waals surface area (Å²) in [7, 11) is 0. The Bertz CT molecular complexity index is 1210. The number of nitrogens with zero attached hydrogens (tertiary/aromatic N) is 2. The summed E-state index contributed by atoms with van der Waals surface area (Å²) in [5.41, 5.74) is 0.859. The third kappa shape index (κ3) is 4.38. The zero-order valence-corrected chi connectivity index (χ0v) is 15.9. The fourth-order valence-corrected chi connectivity index (χ4v) is 3.56. The van der Waals surface area contributed by atoms with Crippen molar-refractivity contribution in [2.75, 3.05) is 5.32 Å². The number of alkyl halides is 3. The van der Waals surface area contributed by atoms with Gasteiger partial charge in [-0.1, -0.05) is 6.07 Å². The molecule has 0 unspecified atom stereocenters. The number of pyridine rings is 1. The maximum Gasteiger partial charge on any atom is 0.433 e. The number of hydrogen-bond acceptors (Lipinski definition) is 4. The second-order valence-corrected chi connectivity index (χ2v) is 7.35. The molecule has 2 aromatic heterocycles. The zero-order chi connectivity index (χ0) is 21.3. The van der Waals surface area contributed by atoms with Gasteiger partial charge in [-0.05, 0) is 42.5 Å². The molecule has 2 aromatic carbocycles. The first-order valence-electron chi connectivity index (χ1n) is 8.65. The van der Waals surface area contributed by atoms with E-state index in [1.54, 1.807) is 18.2 Å². The third-order valence-corrected chi connectivity index (χ3v) is 5.17. The summed E-state index contributed by atoms with van der Waals surface area (Å²) in [5, 5.41) is 2.81. The summed E-state index contributed by atoms with van der Waals surface area (Å²) < 4.78 is 65.5. The van der Waals surface area contributed by atoms with Gasteiger partial charge in [0.05, 0.1) is 22.5 Å². The molecule has 0 atom stereocenters. The first-order chi connectivity index (χ1) is 14.3. The van der Waals surface area contributed by atoms with Gasteiger partial charge >= 0.3 is 6.18 Å². The molecule has 0 aliphatic carbocycles. The van der Waals surface area contributed by atoms with Gasteiger partial charge in [0.15, 0.2) is 11.6 Å². The van der Waals surface area contributed by atoms with Crippen LogP contribution in [-0.2, 0) is 11.9 Å². The number of hydrogen-bond donors (Lipinski definition) is 2. The molecule has 0 spiro atoms. The van der Waals surface area contributed by atoms with Gasteiger partial charge in [0.1, 0.15) is 11.5 Å². The van der Waals surface area contributed by atoms with Gasteiger partial charge in [0.25, 0.3) is 0 Å². The predicted octanol–water partition coefficient (Wildman–Crippen LogP) is 6.29. The molecule has 2 heterocycles. The zero-order valence-electron chi connectivity index (χ0n) is 15.1. The highest BCUT2D eigenvalue weighted by Crippen LogP contribution is 2.31. The normalized spacial score (nSPS) is 11.8. The second-order valence-electron chi connectivity index (χ2n) is 6.31. The van der Waals surface area contributed by atoms with Crippen molar-refractivity contribution >= 4 is 34.2 Å². The third-order valence-electron chi connectivity index (χ3n) is 4.16. The monoisotopic (exact) mass is 436 g/mol. The van der Waals surface area contributed by atoms with E-state index >= 15 is 0 Å². The number of thioether (sulfide) groups is 1. The number of nitrogens with one attached hydrogen (secondary N) is 2. The van der Waals surface area contributed by atoms with Crippen molar-refractivity contribution in [3.8, 4) is 0 Å². The predicted molar refractivity (Wildman–Crippen MR) is 105 cm³/mol. The number of aromatic amines is 1. The van der Waals surface area contributed by atoms with E-state index in [1.807, 2.05) is 0 Å². The van der Waals surface area contributed by atoms with Gasteiger partial charge in [0.2, 0.25) is 0 Å². The van der Waals surface area contributed by atoms with E-state index in [-0.39, 0.29) is 5.69 Å². The number of imidazole rings is 1. The Labute approximate surface area is 171 Å². The average molecular weight is 436 g/mol. The van der Waals surface area contributed by atoms with E-state index in [9.17, 15) is 22.0 Å². The van der Waals surface area contributed by atoms with Crippen molar-refractivity contribution in [3.05, 3.63) is 77.9 Å². The molecule has 0 fully saturated rings. The van der Waals surface area contributed by atoms with E-state index < -0.39 is 23.5 Å². The summed E-state index contributed by atoms with van der Waals surface area (Å²) in [6.45, 7) is 0. The van der Waals surface area contributed by atoms with Crippen LogP contribution in [0.1, 0.15) is 11.5 Å². The number of rotatable bonds is 5. The number of anilines is 2. The molecule has 4 aromatic rings. The van der Waals surface area contributed by atoms with E-state index in [0.717, 1.165) is 18.3 Å². The first kappa shape index (κ1) is 20.1. The highest BCUT2D eigenvalue weighted by atomic mass is 32.2. The van der Waals surface area contributed by atoms with E-state index in [2.05, 4.69) is 20.3 Å². The van der Waals surface area contributed by atoms with Crippen LogP contribution in [0.25, 0.3) is 11.0 Å². The van der Waals surface area contributed by atoms with Crippen LogP contribution in [0.3, 0.4) is 0 Å². The molecular weight excluding hydrogens is 423 g/mol. The lowest BCUT2D eigenvalue weighted by molar-refractivity contribution is -0.141. The SMILES string of the molecule is Fc1cccc(Nc2ccc3[nH]c(CSc4ccnc(C(F)(F)F)c4)nc3c2)c1F. The minimum atomic E-state index is -4.50. The number of aromatic nitrogens is 3. The molecule has 0 saturated carbocycles. The maximum atomic E-state index is 13.8. The molecule has 0 aliphatic rings. The lowest BCUT2D eigenvalue weighted by atomic mass is 10.2. The molecule has 0 saturated heterocycles. The van der Waals surface area contributed by atoms with Gasteiger partial charge in [-0.15, -0.1) is 11.8 Å².